The van der Waals surface area contributed by atoms with Crippen LogP contribution in [-0.4, -0.2) is 20.6 Å². The van der Waals surface area contributed by atoms with Gasteiger partial charge in [0, 0.05) is 25.0 Å². The zero-order valence-electron chi connectivity index (χ0n) is 10.1. The van der Waals surface area contributed by atoms with Crippen LogP contribution in [0.1, 0.15) is 17.0 Å². The van der Waals surface area contributed by atoms with Crippen molar-refractivity contribution in [2.75, 3.05) is 0 Å². The summed E-state index contributed by atoms with van der Waals surface area (Å²) >= 11 is 0. The molecule has 1 aromatic heterocycles. The van der Waals surface area contributed by atoms with E-state index in [4.69, 9.17) is 5.11 Å². The van der Waals surface area contributed by atoms with E-state index in [2.05, 4.69) is 4.98 Å². The Hall–Kier alpha value is -2.36. The van der Waals surface area contributed by atoms with Gasteiger partial charge in [-0.15, -0.1) is 0 Å². The highest BCUT2D eigenvalue weighted by Crippen LogP contribution is 2.10. The lowest BCUT2D eigenvalue weighted by molar-refractivity contribution is -0.131. The second kappa shape index (κ2) is 5.31. The summed E-state index contributed by atoms with van der Waals surface area (Å²) in [6.45, 7) is 2.69. The van der Waals surface area contributed by atoms with Crippen molar-refractivity contribution in [3.05, 3.63) is 59.7 Å². The minimum Gasteiger partial charge on any atom is -0.478 e. The lowest BCUT2D eigenvalue weighted by atomic mass is 10.1. The maximum Gasteiger partial charge on any atom is 0.328 e. The van der Waals surface area contributed by atoms with E-state index in [9.17, 15) is 4.79 Å². The minimum atomic E-state index is -0.939. The average Bonchev–Trinajstić information content (AvgIpc) is 2.73. The van der Waals surface area contributed by atoms with Gasteiger partial charge in [0.2, 0.25) is 0 Å². The molecule has 92 valence electrons. The molecule has 4 nitrogen and oxygen atoms in total. The Bertz CT molecular complexity index is 585. The van der Waals surface area contributed by atoms with Gasteiger partial charge in [-0.05, 0) is 30.2 Å². The fourth-order valence-electron chi connectivity index (χ4n) is 1.73. The molecule has 0 amide bonds. The molecule has 2 aromatic rings. The lowest BCUT2D eigenvalue weighted by Gasteiger charge is -2.05. The molecule has 18 heavy (non-hydrogen) atoms. The fourth-order valence-corrected chi connectivity index (χ4v) is 1.73. The van der Waals surface area contributed by atoms with Crippen molar-refractivity contribution in [2.24, 2.45) is 0 Å². The van der Waals surface area contributed by atoms with Gasteiger partial charge in [-0.25, -0.2) is 9.78 Å². The minimum absolute atomic E-state index is 0.737. The number of aryl methyl sites for hydroxylation is 1. The van der Waals surface area contributed by atoms with Gasteiger partial charge in [0.05, 0.1) is 0 Å². The van der Waals surface area contributed by atoms with Crippen LogP contribution < -0.4 is 0 Å². The zero-order valence-corrected chi connectivity index (χ0v) is 10.1. The monoisotopic (exact) mass is 242 g/mol. The summed E-state index contributed by atoms with van der Waals surface area (Å²) in [5.74, 6) is 0.0207. The van der Waals surface area contributed by atoms with Gasteiger partial charge in [-0.3, -0.25) is 0 Å². The van der Waals surface area contributed by atoms with E-state index in [0.29, 0.717) is 0 Å². The number of imidazole rings is 1. The first-order valence-corrected chi connectivity index (χ1v) is 5.63. The lowest BCUT2D eigenvalue weighted by Crippen LogP contribution is -2.00. The zero-order chi connectivity index (χ0) is 13.0. The first-order chi connectivity index (χ1) is 8.65. The predicted octanol–water partition coefficient (Wildman–Crippen LogP) is 2.34. The number of carbonyl (C=O) groups is 1. The number of rotatable bonds is 4. The number of carboxylic acids is 1. The molecule has 0 saturated carbocycles. The summed E-state index contributed by atoms with van der Waals surface area (Å²) < 4.78 is 2.04. The van der Waals surface area contributed by atoms with Gasteiger partial charge in [-0.2, -0.15) is 0 Å². The molecule has 0 radical (unpaired) electrons. The molecular weight excluding hydrogens is 228 g/mol. The molecule has 0 saturated heterocycles. The van der Waals surface area contributed by atoms with E-state index >= 15 is 0 Å². The molecule has 0 atom stereocenters. The van der Waals surface area contributed by atoms with Crippen molar-refractivity contribution in [3.8, 4) is 0 Å². The van der Waals surface area contributed by atoms with E-state index in [1.165, 1.54) is 0 Å². The molecule has 0 aliphatic rings. The number of aromatic nitrogens is 2. The molecule has 1 aromatic carbocycles. The van der Waals surface area contributed by atoms with Crippen LogP contribution >= 0.6 is 0 Å². The quantitative estimate of drug-likeness (QED) is 0.837. The standard InChI is InChI=1S/C14H14N2O2/c1-11-15-7-8-16(11)10-13-4-2-3-12(9-13)5-6-14(17)18/h2-9H,10H2,1H3,(H,17,18)/b6-5+. The van der Waals surface area contributed by atoms with E-state index < -0.39 is 5.97 Å². The van der Waals surface area contributed by atoms with Crippen LogP contribution in [0, 0.1) is 6.92 Å². The summed E-state index contributed by atoms with van der Waals surface area (Å²) in [5, 5.41) is 8.59. The first-order valence-electron chi connectivity index (χ1n) is 5.63. The summed E-state index contributed by atoms with van der Waals surface area (Å²) in [4.78, 5) is 14.6. The van der Waals surface area contributed by atoms with Crippen LogP contribution in [0.2, 0.25) is 0 Å². The third-order valence-electron chi connectivity index (χ3n) is 2.65. The highest BCUT2D eigenvalue weighted by molar-refractivity contribution is 5.85. The Balaban J connectivity index is 2.17. The molecule has 0 bridgehead atoms. The Morgan fingerprint density at radius 3 is 3.00 bits per heavy atom. The third kappa shape index (κ3) is 3.07. The Labute approximate surface area is 105 Å². The van der Waals surface area contributed by atoms with Crippen LogP contribution in [0.5, 0.6) is 0 Å². The molecule has 1 N–H and O–H groups in total. The SMILES string of the molecule is Cc1nccn1Cc1cccc(/C=C/C(=O)O)c1. The van der Waals surface area contributed by atoms with E-state index in [0.717, 1.165) is 29.6 Å². The van der Waals surface area contributed by atoms with Crippen molar-refractivity contribution >= 4 is 12.0 Å². The number of aliphatic carboxylic acids is 1. The number of benzene rings is 1. The summed E-state index contributed by atoms with van der Waals surface area (Å²) in [6, 6.07) is 7.78. The average molecular weight is 242 g/mol. The number of nitrogens with zero attached hydrogens (tertiary/aromatic N) is 2. The number of hydrogen-bond donors (Lipinski definition) is 1. The molecule has 0 spiro atoms. The van der Waals surface area contributed by atoms with Crippen LogP contribution in [0.4, 0.5) is 0 Å². The maximum atomic E-state index is 10.5. The number of carboxylic acid groups (broad SMARTS) is 1. The first kappa shape index (κ1) is 12.1. The normalized spacial score (nSPS) is 10.9. The van der Waals surface area contributed by atoms with E-state index in [1.54, 1.807) is 12.3 Å². The highest BCUT2D eigenvalue weighted by atomic mass is 16.4. The number of hydrogen-bond acceptors (Lipinski definition) is 2. The fraction of sp³-hybridized carbons (Fsp3) is 0.143. The predicted molar refractivity (Wildman–Crippen MR) is 69.2 cm³/mol. The highest BCUT2D eigenvalue weighted by Gasteiger charge is 1.99. The van der Waals surface area contributed by atoms with Gasteiger partial charge >= 0.3 is 5.97 Å². The van der Waals surface area contributed by atoms with Crippen LogP contribution in [-0.2, 0) is 11.3 Å². The van der Waals surface area contributed by atoms with Gasteiger partial charge < -0.3 is 9.67 Å². The topological polar surface area (TPSA) is 55.1 Å². The van der Waals surface area contributed by atoms with E-state index in [-0.39, 0.29) is 0 Å². The van der Waals surface area contributed by atoms with Crippen LogP contribution in [0.15, 0.2) is 42.7 Å². The van der Waals surface area contributed by atoms with Crippen LogP contribution in [0.25, 0.3) is 6.08 Å². The molecular formula is C14H14N2O2. The molecule has 1 heterocycles. The third-order valence-corrected chi connectivity index (χ3v) is 2.65. The van der Waals surface area contributed by atoms with Crippen molar-refractivity contribution < 1.29 is 9.90 Å². The van der Waals surface area contributed by atoms with Crippen molar-refractivity contribution in [3.63, 3.8) is 0 Å². The smallest absolute Gasteiger partial charge is 0.328 e. The molecule has 2 rings (SSSR count). The Kier molecular flexibility index (Phi) is 3.57. The molecule has 0 fully saturated rings. The Morgan fingerprint density at radius 2 is 2.33 bits per heavy atom. The van der Waals surface area contributed by atoms with Crippen molar-refractivity contribution in [2.45, 2.75) is 13.5 Å². The van der Waals surface area contributed by atoms with Crippen molar-refractivity contribution in [1.29, 1.82) is 0 Å². The summed E-state index contributed by atoms with van der Waals surface area (Å²) in [5.41, 5.74) is 2.00. The molecule has 0 aliphatic heterocycles. The van der Waals surface area contributed by atoms with Gasteiger partial charge in [0.15, 0.2) is 0 Å². The van der Waals surface area contributed by atoms with Gasteiger partial charge in [-0.1, -0.05) is 18.2 Å². The molecule has 0 aliphatic carbocycles. The Morgan fingerprint density at radius 1 is 1.50 bits per heavy atom. The molecule has 4 heteroatoms. The van der Waals surface area contributed by atoms with Gasteiger partial charge in [0.1, 0.15) is 5.82 Å². The summed E-state index contributed by atoms with van der Waals surface area (Å²) in [7, 11) is 0. The molecule has 0 unspecified atom stereocenters. The van der Waals surface area contributed by atoms with Crippen LogP contribution in [0.3, 0.4) is 0 Å². The van der Waals surface area contributed by atoms with E-state index in [1.807, 2.05) is 42.0 Å². The second-order valence-electron chi connectivity index (χ2n) is 4.02. The maximum absolute atomic E-state index is 10.5. The summed E-state index contributed by atoms with van der Waals surface area (Å²) in [6.07, 6.45) is 6.42. The largest absolute Gasteiger partial charge is 0.478 e. The second-order valence-corrected chi connectivity index (χ2v) is 4.02. The van der Waals surface area contributed by atoms with Gasteiger partial charge in [0.25, 0.3) is 0 Å². The van der Waals surface area contributed by atoms with Crippen molar-refractivity contribution in [1.82, 2.24) is 9.55 Å².